The van der Waals surface area contributed by atoms with Crippen molar-refractivity contribution < 1.29 is 4.74 Å². The minimum Gasteiger partial charge on any atom is -0.468 e. The smallest absolute Gasteiger partial charge is 0.217 e. The molecule has 1 aromatic carbocycles. The van der Waals surface area contributed by atoms with Crippen LogP contribution < -0.4 is 0 Å². The molecule has 1 saturated carbocycles. The van der Waals surface area contributed by atoms with E-state index >= 15 is 0 Å². The van der Waals surface area contributed by atoms with E-state index in [1.807, 2.05) is 24.3 Å². The van der Waals surface area contributed by atoms with E-state index in [1.165, 1.54) is 32.1 Å². The minimum atomic E-state index is 0.0483. The van der Waals surface area contributed by atoms with Gasteiger partial charge in [-0.2, -0.15) is 0 Å². The summed E-state index contributed by atoms with van der Waals surface area (Å²) in [6.07, 6.45) is 9.99. The van der Waals surface area contributed by atoms with E-state index in [2.05, 4.69) is 18.7 Å². The third-order valence-corrected chi connectivity index (χ3v) is 4.46. The van der Waals surface area contributed by atoms with Crippen molar-refractivity contribution in [1.82, 2.24) is 0 Å². The maximum absolute atomic E-state index is 5.98. The monoisotopic (exact) mass is 269 g/mol. The molecule has 0 N–H and O–H groups in total. The Hall–Kier alpha value is -1.57. The molecule has 2 nitrogen and oxygen atoms in total. The fourth-order valence-corrected chi connectivity index (χ4v) is 3.34. The zero-order chi connectivity index (χ0) is 13.8. The second-order valence-electron chi connectivity index (χ2n) is 5.93. The van der Waals surface area contributed by atoms with E-state index < -0.39 is 0 Å². The summed E-state index contributed by atoms with van der Waals surface area (Å²) in [5.74, 6) is 1.61. The van der Waals surface area contributed by atoms with Gasteiger partial charge in [-0.05, 0) is 30.5 Å². The summed E-state index contributed by atoms with van der Waals surface area (Å²) >= 11 is 0. The quantitative estimate of drug-likeness (QED) is 0.744. The largest absolute Gasteiger partial charge is 0.468 e. The molecule has 3 rings (SSSR count). The Morgan fingerprint density at radius 3 is 2.60 bits per heavy atom. The molecule has 0 unspecified atom stereocenters. The third-order valence-electron chi connectivity index (χ3n) is 4.46. The van der Waals surface area contributed by atoms with Crippen LogP contribution in [0.1, 0.15) is 44.1 Å². The molecule has 20 heavy (non-hydrogen) atoms. The first-order valence-electron chi connectivity index (χ1n) is 7.79. The zero-order valence-electron chi connectivity index (χ0n) is 12.0. The maximum atomic E-state index is 5.98. The Bertz CT molecular complexity index is 473. The van der Waals surface area contributed by atoms with Crippen molar-refractivity contribution in [3.63, 3.8) is 0 Å². The summed E-state index contributed by atoms with van der Waals surface area (Å²) < 4.78 is 5.98. The molecule has 0 saturated heterocycles. The molecule has 1 aromatic rings. The predicted octanol–water partition coefficient (Wildman–Crippen LogP) is 4.36. The number of nitrogens with zero attached hydrogens (tertiary/aromatic N) is 1. The number of rotatable bonds is 4. The molecule has 1 aliphatic carbocycles. The highest BCUT2D eigenvalue weighted by Gasteiger charge is 2.31. The van der Waals surface area contributed by atoms with E-state index in [0.29, 0.717) is 0 Å². The Labute approximate surface area is 121 Å². The van der Waals surface area contributed by atoms with Crippen molar-refractivity contribution in [2.45, 2.75) is 50.7 Å². The third kappa shape index (κ3) is 2.95. The summed E-state index contributed by atoms with van der Waals surface area (Å²) in [6.45, 7) is 3.92. The molecular weight excluding hydrogens is 246 g/mol. The second kappa shape index (κ2) is 6.25. The lowest BCUT2D eigenvalue weighted by Gasteiger charge is -2.24. The van der Waals surface area contributed by atoms with E-state index in [4.69, 9.17) is 9.73 Å². The van der Waals surface area contributed by atoms with Crippen molar-refractivity contribution >= 4 is 5.90 Å². The molecule has 2 atom stereocenters. The average molecular weight is 269 g/mol. The van der Waals surface area contributed by atoms with Crippen LogP contribution in [0.3, 0.4) is 0 Å². The molecule has 106 valence electrons. The molecule has 0 aromatic heterocycles. The Morgan fingerprint density at radius 2 is 1.90 bits per heavy atom. The van der Waals surface area contributed by atoms with E-state index in [-0.39, 0.29) is 12.1 Å². The first kappa shape index (κ1) is 13.4. The molecular formula is C18H23NO. The Morgan fingerprint density at radius 1 is 1.15 bits per heavy atom. The molecule has 0 amide bonds. The van der Waals surface area contributed by atoms with Gasteiger partial charge in [-0.1, -0.05) is 56.9 Å². The fourth-order valence-electron chi connectivity index (χ4n) is 3.34. The summed E-state index contributed by atoms with van der Waals surface area (Å²) in [6, 6.07) is 10.4. The average Bonchev–Trinajstić information content (AvgIpc) is 2.92. The zero-order valence-corrected chi connectivity index (χ0v) is 12.0. The van der Waals surface area contributed by atoms with Crippen LogP contribution in [-0.2, 0) is 4.74 Å². The molecule has 2 aliphatic rings. The number of benzene rings is 1. The SMILES string of the molecule is C=C[C@@H]1OC(c2ccccc2)=N[C@H]1CC1CCCCC1. The molecule has 1 aliphatic heterocycles. The van der Waals surface area contributed by atoms with E-state index in [1.54, 1.807) is 0 Å². The summed E-state index contributed by atoms with van der Waals surface area (Å²) in [5.41, 5.74) is 1.07. The van der Waals surface area contributed by atoms with Crippen LogP contribution in [0.4, 0.5) is 0 Å². The van der Waals surface area contributed by atoms with Gasteiger partial charge in [0.2, 0.25) is 5.90 Å². The molecule has 1 fully saturated rings. The molecule has 0 radical (unpaired) electrons. The van der Waals surface area contributed by atoms with Gasteiger partial charge in [0.25, 0.3) is 0 Å². The normalized spacial score (nSPS) is 26.9. The molecule has 0 spiro atoms. The van der Waals surface area contributed by atoms with Crippen LogP contribution >= 0.6 is 0 Å². The van der Waals surface area contributed by atoms with Gasteiger partial charge in [0, 0.05) is 5.56 Å². The predicted molar refractivity (Wildman–Crippen MR) is 83.0 cm³/mol. The fraction of sp³-hybridized carbons (Fsp3) is 0.500. The molecule has 1 heterocycles. The van der Waals surface area contributed by atoms with Gasteiger partial charge >= 0.3 is 0 Å². The number of ether oxygens (including phenoxy) is 1. The van der Waals surface area contributed by atoms with Gasteiger partial charge in [0.1, 0.15) is 6.10 Å². The van der Waals surface area contributed by atoms with Gasteiger partial charge in [0.05, 0.1) is 6.04 Å². The van der Waals surface area contributed by atoms with Crippen LogP contribution in [0.5, 0.6) is 0 Å². The topological polar surface area (TPSA) is 21.6 Å². The lowest BCUT2D eigenvalue weighted by molar-refractivity contribution is 0.213. The maximum Gasteiger partial charge on any atom is 0.217 e. The highest BCUT2D eigenvalue weighted by atomic mass is 16.5. The van der Waals surface area contributed by atoms with Gasteiger partial charge in [-0.25, -0.2) is 4.99 Å². The van der Waals surface area contributed by atoms with Crippen molar-refractivity contribution in [2.24, 2.45) is 10.9 Å². The lowest BCUT2D eigenvalue weighted by atomic mass is 9.84. The Kier molecular flexibility index (Phi) is 4.19. The lowest BCUT2D eigenvalue weighted by Crippen LogP contribution is -2.23. The van der Waals surface area contributed by atoms with Crippen LogP contribution in [0.25, 0.3) is 0 Å². The summed E-state index contributed by atoms with van der Waals surface area (Å²) in [5, 5.41) is 0. The van der Waals surface area contributed by atoms with Gasteiger partial charge in [-0.3, -0.25) is 0 Å². The highest BCUT2D eigenvalue weighted by Crippen LogP contribution is 2.31. The van der Waals surface area contributed by atoms with Crippen molar-refractivity contribution in [3.05, 3.63) is 48.6 Å². The number of hydrogen-bond donors (Lipinski definition) is 0. The van der Waals surface area contributed by atoms with Gasteiger partial charge in [-0.15, -0.1) is 0 Å². The Balaban J connectivity index is 1.71. The molecule has 0 bridgehead atoms. The van der Waals surface area contributed by atoms with Crippen LogP contribution in [0, 0.1) is 5.92 Å². The van der Waals surface area contributed by atoms with Crippen molar-refractivity contribution in [2.75, 3.05) is 0 Å². The minimum absolute atomic E-state index is 0.0483. The van der Waals surface area contributed by atoms with E-state index in [9.17, 15) is 0 Å². The van der Waals surface area contributed by atoms with Crippen LogP contribution in [-0.4, -0.2) is 18.0 Å². The first-order chi connectivity index (χ1) is 9.86. The summed E-state index contributed by atoms with van der Waals surface area (Å²) in [7, 11) is 0. The van der Waals surface area contributed by atoms with Crippen LogP contribution in [0.15, 0.2) is 48.0 Å². The standard InChI is InChI=1S/C18H23NO/c1-2-17-16(13-14-9-5-3-6-10-14)19-18(20-17)15-11-7-4-8-12-15/h2,4,7-8,11-12,14,16-17H,1,3,5-6,9-10,13H2/t16-,17-/m0/s1. The van der Waals surface area contributed by atoms with Gasteiger partial charge < -0.3 is 4.74 Å². The highest BCUT2D eigenvalue weighted by molar-refractivity contribution is 5.95. The number of aliphatic imine (C=N–C) groups is 1. The summed E-state index contributed by atoms with van der Waals surface area (Å²) in [4.78, 5) is 4.83. The van der Waals surface area contributed by atoms with Crippen LogP contribution in [0.2, 0.25) is 0 Å². The van der Waals surface area contributed by atoms with Crippen molar-refractivity contribution in [3.8, 4) is 0 Å². The second-order valence-corrected chi connectivity index (χ2v) is 5.93. The molecule has 2 heteroatoms. The van der Waals surface area contributed by atoms with Crippen molar-refractivity contribution in [1.29, 1.82) is 0 Å². The first-order valence-corrected chi connectivity index (χ1v) is 7.79. The van der Waals surface area contributed by atoms with Gasteiger partial charge in [0.15, 0.2) is 0 Å². The number of hydrogen-bond acceptors (Lipinski definition) is 2. The van der Waals surface area contributed by atoms with E-state index in [0.717, 1.165) is 23.8 Å².